The number of morpholine rings is 1. The molecule has 0 bridgehead atoms. The van der Waals surface area contributed by atoms with Crippen molar-refractivity contribution in [2.45, 2.75) is 81.6 Å². The lowest BCUT2D eigenvalue weighted by atomic mass is 9.81. The topological polar surface area (TPSA) is 218 Å². The number of aliphatic hydroxyl groups is 3. The molecule has 3 saturated heterocycles. The van der Waals surface area contributed by atoms with Crippen molar-refractivity contribution in [1.82, 2.24) is 20.4 Å². The number of aliphatic carboxylic acids is 1. The first-order chi connectivity index (χ1) is 24.2. The van der Waals surface area contributed by atoms with Crippen LogP contribution in [0.15, 0.2) is 42.5 Å². The number of rotatable bonds is 11. The monoisotopic (exact) mass is 712 g/mol. The van der Waals surface area contributed by atoms with Crippen molar-refractivity contribution in [3.63, 3.8) is 0 Å². The number of hydrogen-bond donors (Lipinski definition) is 7. The zero-order chi connectivity index (χ0) is 37.1. The second-order valence-corrected chi connectivity index (χ2v) is 14.0. The normalized spacial score (nSPS) is 27.9. The van der Waals surface area contributed by atoms with Gasteiger partial charge in [-0.1, -0.05) is 18.2 Å². The van der Waals surface area contributed by atoms with Gasteiger partial charge in [0.25, 0.3) is 11.8 Å². The molecule has 3 fully saturated rings. The number of carbonyl (C=O) groups excluding carboxylic acids is 3. The van der Waals surface area contributed by atoms with Gasteiger partial charge in [-0.2, -0.15) is 0 Å². The minimum atomic E-state index is -2.03. The fraction of sp³-hybridized carbons (Fsp3) is 0.556. The Morgan fingerprint density at radius 2 is 1.73 bits per heavy atom. The third kappa shape index (κ3) is 8.19. The number of carboxylic acids is 1. The first-order valence-corrected chi connectivity index (χ1v) is 17.1. The Morgan fingerprint density at radius 3 is 2.37 bits per heavy atom. The Morgan fingerprint density at radius 1 is 1.04 bits per heavy atom. The summed E-state index contributed by atoms with van der Waals surface area (Å²) in [4.78, 5) is 55.1. The van der Waals surface area contributed by atoms with Crippen molar-refractivity contribution in [3.05, 3.63) is 64.7 Å². The number of aliphatic hydroxyl groups excluding tert-OH is 3. The molecule has 1 unspecified atom stereocenters. The minimum Gasteiger partial charge on any atom is -0.507 e. The highest BCUT2D eigenvalue weighted by Gasteiger charge is 2.55. The van der Waals surface area contributed by atoms with Crippen LogP contribution in [-0.4, -0.2) is 147 Å². The molecule has 2 aromatic carbocycles. The number of carboxylic acid groups (broad SMARTS) is 1. The van der Waals surface area contributed by atoms with E-state index in [4.69, 9.17) is 9.47 Å². The number of amides is 3. The van der Waals surface area contributed by atoms with Crippen LogP contribution in [0.5, 0.6) is 5.75 Å². The predicted molar refractivity (Wildman–Crippen MR) is 182 cm³/mol. The number of aromatic hydroxyl groups is 1. The lowest BCUT2D eigenvalue weighted by molar-refractivity contribution is -0.231. The van der Waals surface area contributed by atoms with E-state index >= 15 is 0 Å². The molecule has 7 atom stereocenters. The molecule has 3 amide bonds. The third-order valence-corrected chi connectivity index (χ3v) is 10.4. The Hall–Kier alpha value is -4.12. The average molecular weight is 713 g/mol. The summed E-state index contributed by atoms with van der Waals surface area (Å²) in [6.45, 7) is 6.22. The number of benzene rings is 2. The average Bonchev–Trinajstić information content (AvgIpc) is 3.53. The fourth-order valence-electron chi connectivity index (χ4n) is 7.49. The van der Waals surface area contributed by atoms with E-state index in [0.717, 1.165) is 0 Å². The highest BCUT2D eigenvalue weighted by Crippen LogP contribution is 2.38. The summed E-state index contributed by atoms with van der Waals surface area (Å²) in [6.07, 6.45) is -6.55. The molecule has 7 N–H and O–H groups in total. The Kier molecular flexibility index (Phi) is 11.7. The molecule has 0 saturated carbocycles. The van der Waals surface area contributed by atoms with E-state index in [9.17, 15) is 44.7 Å². The second kappa shape index (κ2) is 15.6. The van der Waals surface area contributed by atoms with Gasteiger partial charge < -0.3 is 50.5 Å². The fourth-order valence-corrected chi connectivity index (χ4v) is 7.49. The van der Waals surface area contributed by atoms with E-state index in [2.05, 4.69) is 15.5 Å². The molecule has 3 aliphatic rings. The maximum absolute atomic E-state index is 13.3. The number of phenolic OH excluding ortho intramolecular Hbond substituents is 1. The maximum atomic E-state index is 13.3. The van der Waals surface area contributed by atoms with Gasteiger partial charge in [-0.05, 0) is 55.7 Å². The second-order valence-electron chi connectivity index (χ2n) is 14.0. The number of carbonyl (C=O) groups is 4. The Labute approximate surface area is 296 Å². The summed E-state index contributed by atoms with van der Waals surface area (Å²) >= 11 is 0. The Bertz CT molecular complexity index is 1590. The molecule has 51 heavy (non-hydrogen) atoms. The number of nitrogens with zero attached hydrogens (tertiary/aromatic N) is 2. The Balaban J connectivity index is 1.31. The summed E-state index contributed by atoms with van der Waals surface area (Å²) in [6, 6.07) is 10.6. The van der Waals surface area contributed by atoms with E-state index in [1.807, 2.05) is 6.07 Å². The number of likely N-dealkylation sites (tertiary alicyclic amines) is 1. The number of nitrogens with one attached hydrogen (secondary N) is 2. The molecule has 0 aliphatic carbocycles. The summed E-state index contributed by atoms with van der Waals surface area (Å²) < 4.78 is 12.0. The van der Waals surface area contributed by atoms with E-state index in [-0.39, 0.29) is 30.2 Å². The van der Waals surface area contributed by atoms with E-state index in [1.54, 1.807) is 43.0 Å². The van der Waals surface area contributed by atoms with E-state index < -0.39 is 72.3 Å². The molecule has 278 valence electrons. The van der Waals surface area contributed by atoms with Crippen LogP contribution >= 0.6 is 0 Å². The SMILES string of the molecule is CC(=O)N[C@H]1[C@H]([C@H](O)[C@H](O)CNC(=O)c2cc(C)c(O)c(C)c2)OC(CCN2CCOC[C@@]23CCN(C(=O)c2ccccc2)C3)(C(=O)O)C[C@@H]1O. The number of ether oxygens (including phenoxy) is 2. The standard InChI is InChI=1S/C36H48N4O11/c1-21-15-25(16-22(2)29(21)44)32(46)37-18-27(43)30(45)31-28(38-23(3)41)26(42)17-36(51-31,34(48)49)10-12-40-13-14-50-20-35(40)9-11-39(19-35)33(47)24-7-5-4-6-8-24/h4-8,15-16,26-28,30-31,42-45H,9-14,17-20H2,1-3H3,(H,37,46)(H,38,41)(H,48,49)/t26-,27+,28+,30+,31+,35-,36?/m0/s1. The van der Waals surface area contributed by atoms with Crippen LogP contribution in [0.25, 0.3) is 0 Å². The largest absolute Gasteiger partial charge is 0.507 e. The molecule has 15 nitrogen and oxygen atoms in total. The molecule has 15 heteroatoms. The summed E-state index contributed by atoms with van der Waals surface area (Å²) in [5.41, 5.74) is -0.869. The van der Waals surface area contributed by atoms with E-state index in [1.165, 1.54) is 19.1 Å². The molecular weight excluding hydrogens is 664 g/mol. The zero-order valence-corrected chi connectivity index (χ0v) is 29.1. The van der Waals surface area contributed by atoms with Gasteiger partial charge >= 0.3 is 5.97 Å². The lowest BCUT2D eigenvalue weighted by Crippen LogP contribution is -2.68. The van der Waals surface area contributed by atoms with E-state index in [0.29, 0.717) is 56.0 Å². The van der Waals surface area contributed by atoms with Gasteiger partial charge in [0, 0.05) is 63.6 Å². The summed E-state index contributed by atoms with van der Waals surface area (Å²) in [5, 5.41) is 59.3. The summed E-state index contributed by atoms with van der Waals surface area (Å²) in [5.74, 6) is -2.62. The van der Waals surface area contributed by atoms with Crippen LogP contribution < -0.4 is 10.6 Å². The van der Waals surface area contributed by atoms with Crippen LogP contribution in [0.4, 0.5) is 0 Å². The van der Waals surface area contributed by atoms with Crippen molar-refractivity contribution in [2.75, 3.05) is 45.9 Å². The molecule has 1 spiro atoms. The molecule has 3 heterocycles. The van der Waals surface area contributed by atoms with Gasteiger partial charge in [-0.25, -0.2) is 4.79 Å². The highest BCUT2D eigenvalue weighted by molar-refractivity contribution is 5.95. The van der Waals surface area contributed by atoms with Crippen LogP contribution in [-0.2, 0) is 19.1 Å². The number of aryl methyl sites for hydroxylation is 2. The molecule has 3 aliphatic heterocycles. The quantitative estimate of drug-likeness (QED) is 0.163. The minimum absolute atomic E-state index is 0.0492. The van der Waals surface area contributed by atoms with Gasteiger partial charge in [0.05, 0.1) is 37.0 Å². The number of phenols is 1. The van der Waals surface area contributed by atoms with Crippen LogP contribution in [0.2, 0.25) is 0 Å². The van der Waals surface area contributed by atoms with Gasteiger partial charge in [0.2, 0.25) is 5.91 Å². The van der Waals surface area contributed by atoms with Crippen LogP contribution in [0.3, 0.4) is 0 Å². The zero-order valence-electron chi connectivity index (χ0n) is 29.1. The molecule has 2 aromatic rings. The highest BCUT2D eigenvalue weighted by atomic mass is 16.6. The van der Waals surface area contributed by atoms with Crippen molar-refractivity contribution in [1.29, 1.82) is 0 Å². The van der Waals surface area contributed by atoms with Crippen molar-refractivity contribution < 1.29 is 54.2 Å². The van der Waals surface area contributed by atoms with Crippen LogP contribution in [0.1, 0.15) is 58.0 Å². The lowest BCUT2D eigenvalue weighted by Gasteiger charge is -2.49. The van der Waals surface area contributed by atoms with Crippen molar-refractivity contribution >= 4 is 23.7 Å². The van der Waals surface area contributed by atoms with Gasteiger partial charge in [0.15, 0.2) is 5.60 Å². The maximum Gasteiger partial charge on any atom is 0.336 e. The molecule has 5 rings (SSSR count). The van der Waals surface area contributed by atoms with Crippen molar-refractivity contribution in [3.8, 4) is 5.75 Å². The molecular formula is C36H48N4O11. The number of hydrogen-bond acceptors (Lipinski definition) is 11. The predicted octanol–water partition coefficient (Wildman–Crippen LogP) is -0.0543. The van der Waals surface area contributed by atoms with Gasteiger partial charge in [-0.3, -0.25) is 19.3 Å². The van der Waals surface area contributed by atoms with Gasteiger partial charge in [0.1, 0.15) is 18.0 Å². The summed E-state index contributed by atoms with van der Waals surface area (Å²) in [7, 11) is 0. The first kappa shape index (κ1) is 38.1. The van der Waals surface area contributed by atoms with Gasteiger partial charge in [-0.15, -0.1) is 0 Å². The smallest absolute Gasteiger partial charge is 0.336 e. The van der Waals surface area contributed by atoms with Crippen molar-refractivity contribution in [2.24, 2.45) is 0 Å². The molecule has 0 radical (unpaired) electrons. The third-order valence-electron chi connectivity index (χ3n) is 10.4. The van der Waals surface area contributed by atoms with Crippen LogP contribution in [0, 0.1) is 13.8 Å². The molecule has 0 aromatic heterocycles. The first-order valence-electron chi connectivity index (χ1n) is 17.1.